The molecule has 0 radical (unpaired) electrons. The van der Waals surface area contributed by atoms with Gasteiger partial charge in [0.1, 0.15) is 0 Å². The number of nitrogens with zero attached hydrogens (tertiary/aromatic N) is 2. The topological polar surface area (TPSA) is 96.7 Å². The van der Waals surface area contributed by atoms with E-state index >= 15 is 0 Å². The van der Waals surface area contributed by atoms with Crippen molar-refractivity contribution in [3.05, 3.63) is 52.5 Å². The van der Waals surface area contributed by atoms with Crippen LogP contribution in [0.3, 0.4) is 0 Å². The molecule has 3 aromatic heterocycles. The van der Waals surface area contributed by atoms with Crippen LogP contribution in [0.5, 0.6) is 0 Å². The Balaban J connectivity index is 1.63. The Hall–Kier alpha value is -2.51. The van der Waals surface area contributed by atoms with Gasteiger partial charge in [0.05, 0.1) is 5.69 Å². The molecule has 0 unspecified atom stereocenters. The number of thiophene rings is 1. The summed E-state index contributed by atoms with van der Waals surface area (Å²) in [4.78, 5) is 17.4. The van der Waals surface area contributed by atoms with Crippen LogP contribution in [0.15, 0.2) is 41.9 Å². The van der Waals surface area contributed by atoms with Crippen LogP contribution in [0, 0.1) is 0 Å². The Morgan fingerprint density at radius 3 is 3.13 bits per heavy atom. The summed E-state index contributed by atoms with van der Waals surface area (Å²) in [5.41, 5.74) is 7.13. The summed E-state index contributed by atoms with van der Waals surface area (Å²) >= 11 is 1.66. The highest BCUT2D eigenvalue weighted by Gasteiger charge is 2.10. The van der Waals surface area contributed by atoms with Gasteiger partial charge in [-0.2, -0.15) is 5.10 Å². The van der Waals surface area contributed by atoms with Gasteiger partial charge < -0.3 is 11.1 Å². The first-order chi connectivity index (χ1) is 11.3. The van der Waals surface area contributed by atoms with Crippen molar-refractivity contribution in [3.8, 4) is 0 Å². The minimum Gasteiger partial charge on any atom is -0.348 e. The summed E-state index contributed by atoms with van der Waals surface area (Å²) in [6, 6.07) is 7.70. The SMILES string of the molecule is NC[C@H](Cc1cccs1)NC(=O)/C=C/c1[nH]nc2ncccc12. The standard InChI is InChI=1S/C16H17N5OS/c17-10-11(9-12-3-2-8-23-12)19-15(22)6-5-14-13-4-1-7-18-16(13)21-20-14/h1-8,11H,9-10,17H2,(H,19,22)(H,18,20,21)/b6-5+/t11-/m0/s1. The van der Waals surface area contributed by atoms with E-state index in [9.17, 15) is 4.79 Å². The van der Waals surface area contributed by atoms with Gasteiger partial charge in [0.2, 0.25) is 5.91 Å². The molecule has 23 heavy (non-hydrogen) atoms. The van der Waals surface area contributed by atoms with E-state index in [4.69, 9.17) is 5.73 Å². The second kappa shape index (κ2) is 7.17. The maximum Gasteiger partial charge on any atom is 0.244 e. The molecule has 7 heteroatoms. The molecular weight excluding hydrogens is 310 g/mol. The van der Waals surface area contributed by atoms with Gasteiger partial charge in [-0.3, -0.25) is 9.89 Å². The predicted molar refractivity (Wildman–Crippen MR) is 91.9 cm³/mol. The van der Waals surface area contributed by atoms with Crippen LogP contribution in [0.4, 0.5) is 0 Å². The Labute approximate surface area is 137 Å². The largest absolute Gasteiger partial charge is 0.348 e. The van der Waals surface area contributed by atoms with E-state index in [1.807, 2.05) is 29.6 Å². The molecule has 0 aliphatic rings. The van der Waals surface area contributed by atoms with E-state index in [1.54, 1.807) is 23.6 Å². The molecule has 6 nitrogen and oxygen atoms in total. The average molecular weight is 327 g/mol. The molecule has 118 valence electrons. The fourth-order valence-electron chi connectivity index (χ4n) is 2.27. The van der Waals surface area contributed by atoms with Gasteiger partial charge in [-0.15, -0.1) is 11.3 Å². The third-order valence-corrected chi connectivity index (χ3v) is 4.32. The molecule has 0 spiro atoms. The first-order valence-corrected chi connectivity index (χ1v) is 8.14. The van der Waals surface area contributed by atoms with Crippen molar-refractivity contribution in [2.45, 2.75) is 12.5 Å². The lowest BCUT2D eigenvalue weighted by Crippen LogP contribution is -2.40. The molecule has 4 N–H and O–H groups in total. The van der Waals surface area contributed by atoms with Crippen LogP contribution >= 0.6 is 11.3 Å². The summed E-state index contributed by atoms with van der Waals surface area (Å²) in [5, 5.41) is 12.8. The maximum absolute atomic E-state index is 12.1. The summed E-state index contributed by atoms with van der Waals surface area (Å²) in [5.74, 6) is -0.177. The number of amides is 1. The van der Waals surface area contributed by atoms with Crippen LogP contribution in [-0.2, 0) is 11.2 Å². The van der Waals surface area contributed by atoms with E-state index in [-0.39, 0.29) is 11.9 Å². The van der Waals surface area contributed by atoms with Crippen molar-refractivity contribution < 1.29 is 4.79 Å². The summed E-state index contributed by atoms with van der Waals surface area (Å²) in [7, 11) is 0. The van der Waals surface area contributed by atoms with Crippen LogP contribution in [-0.4, -0.2) is 33.7 Å². The van der Waals surface area contributed by atoms with Gasteiger partial charge in [0.25, 0.3) is 0 Å². The van der Waals surface area contributed by atoms with Gasteiger partial charge in [0, 0.05) is 41.5 Å². The van der Waals surface area contributed by atoms with Crippen LogP contribution in [0.25, 0.3) is 17.1 Å². The number of rotatable bonds is 6. The molecule has 0 fully saturated rings. The number of fused-ring (bicyclic) bond motifs is 1. The van der Waals surface area contributed by atoms with Gasteiger partial charge in [0.15, 0.2) is 5.65 Å². The number of nitrogens with one attached hydrogen (secondary N) is 2. The van der Waals surface area contributed by atoms with E-state index in [2.05, 4.69) is 20.5 Å². The Morgan fingerprint density at radius 1 is 1.43 bits per heavy atom. The first kappa shape index (κ1) is 15.4. The summed E-state index contributed by atoms with van der Waals surface area (Å²) in [6.45, 7) is 0.397. The molecule has 0 aromatic carbocycles. The van der Waals surface area contributed by atoms with Gasteiger partial charge in [-0.25, -0.2) is 4.98 Å². The maximum atomic E-state index is 12.1. The van der Waals surface area contributed by atoms with Crippen molar-refractivity contribution in [1.82, 2.24) is 20.5 Å². The minimum absolute atomic E-state index is 0.0778. The molecule has 0 saturated heterocycles. The monoisotopic (exact) mass is 327 g/mol. The summed E-state index contributed by atoms with van der Waals surface area (Å²) < 4.78 is 0. The highest BCUT2D eigenvalue weighted by Crippen LogP contribution is 2.14. The first-order valence-electron chi connectivity index (χ1n) is 7.26. The highest BCUT2D eigenvalue weighted by molar-refractivity contribution is 7.09. The number of aromatic amines is 1. The molecule has 0 aliphatic carbocycles. The molecule has 0 saturated carbocycles. The van der Waals surface area contributed by atoms with Crippen molar-refractivity contribution in [2.24, 2.45) is 5.73 Å². The minimum atomic E-state index is -0.177. The molecule has 1 amide bonds. The second-order valence-electron chi connectivity index (χ2n) is 5.07. The van der Waals surface area contributed by atoms with Crippen molar-refractivity contribution in [2.75, 3.05) is 6.54 Å². The predicted octanol–water partition coefficient (Wildman–Crippen LogP) is 1.72. The number of hydrogen-bond donors (Lipinski definition) is 3. The third kappa shape index (κ3) is 3.82. The zero-order chi connectivity index (χ0) is 16.1. The number of carbonyl (C=O) groups is 1. The lowest BCUT2D eigenvalue weighted by Gasteiger charge is -2.14. The number of pyridine rings is 1. The van der Waals surface area contributed by atoms with Gasteiger partial charge in [-0.05, 0) is 29.7 Å². The fraction of sp³-hybridized carbons (Fsp3) is 0.188. The number of carbonyl (C=O) groups excluding carboxylic acids is 1. The molecule has 3 rings (SSSR count). The molecule has 1 atom stereocenters. The molecule has 3 heterocycles. The quantitative estimate of drug-likeness (QED) is 0.601. The fourth-order valence-corrected chi connectivity index (χ4v) is 3.06. The lowest BCUT2D eigenvalue weighted by molar-refractivity contribution is -0.117. The zero-order valence-corrected chi connectivity index (χ0v) is 13.2. The molecule has 0 aliphatic heterocycles. The van der Waals surface area contributed by atoms with Crippen molar-refractivity contribution in [3.63, 3.8) is 0 Å². The van der Waals surface area contributed by atoms with Gasteiger partial charge >= 0.3 is 0 Å². The molecule has 0 bridgehead atoms. The van der Waals surface area contributed by atoms with Crippen LogP contribution < -0.4 is 11.1 Å². The normalized spacial score (nSPS) is 12.7. The number of H-pyrrole nitrogens is 1. The zero-order valence-electron chi connectivity index (χ0n) is 12.4. The lowest BCUT2D eigenvalue weighted by atomic mass is 10.2. The van der Waals surface area contributed by atoms with Gasteiger partial charge in [-0.1, -0.05) is 6.07 Å². The van der Waals surface area contributed by atoms with E-state index in [1.165, 1.54) is 11.0 Å². The molecular formula is C16H17N5OS. The number of hydrogen-bond acceptors (Lipinski definition) is 5. The van der Waals surface area contributed by atoms with E-state index in [0.29, 0.717) is 12.2 Å². The second-order valence-corrected chi connectivity index (χ2v) is 6.10. The smallest absolute Gasteiger partial charge is 0.244 e. The average Bonchev–Trinajstić information content (AvgIpc) is 3.22. The number of aromatic nitrogens is 3. The third-order valence-electron chi connectivity index (χ3n) is 3.42. The van der Waals surface area contributed by atoms with Crippen LogP contribution in [0.2, 0.25) is 0 Å². The Kier molecular flexibility index (Phi) is 4.80. The Bertz CT molecular complexity index is 809. The van der Waals surface area contributed by atoms with E-state index in [0.717, 1.165) is 17.5 Å². The highest BCUT2D eigenvalue weighted by atomic mass is 32.1. The van der Waals surface area contributed by atoms with Crippen LogP contribution in [0.1, 0.15) is 10.6 Å². The van der Waals surface area contributed by atoms with E-state index < -0.39 is 0 Å². The van der Waals surface area contributed by atoms with Crippen molar-refractivity contribution >= 4 is 34.4 Å². The Morgan fingerprint density at radius 2 is 2.35 bits per heavy atom. The molecule has 3 aromatic rings. The summed E-state index contributed by atoms with van der Waals surface area (Å²) in [6.07, 6.45) is 5.60. The number of nitrogens with two attached hydrogens (primary N) is 1. The van der Waals surface area contributed by atoms with Crippen molar-refractivity contribution in [1.29, 1.82) is 0 Å².